The highest BCUT2D eigenvalue weighted by molar-refractivity contribution is 7.98. The van der Waals surface area contributed by atoms with E-state index >= 15 is 0 Å². The van der Waals surface area contributed by atoms with Crippen LogP contribution in [0.2, 0.25) is 0 Å². The Balaban J connectivity index is 1.95. The van der Waals surface area contributed by atoms with Crippen LogP contribution in [-0.2, 0) is 5.75 Å². The van der Waals surface area contributed by atoms with Crippen LogP contribution in [0.5, 0.6) is 0 Å². The lowest BCUT2D eigenvalue weighted by atomic mass is 10.2. The summed E-state index contributed by atoms with van der Waals surface area (Å²) < 4.78 is 0. The third-order valence-corrected chi connectivity index (χ3v) is 2.79. The molecule has 1 heterocycles. The average Bonchev–Trinajstić information content (AvgIpc) is 2.63. The van der Waals surface area contributed by atoms with Crippen LogP contribution in [0.3, 0.4) is 0 Å². The van der Waals surface area contributed by atoms with Crippen LogP contribution < -0.4 is 5.73 Å². The highest BCUT2D eigenvalue weighted by Crippen LogP contribution is 2.20. The summed E-state index contributed by atoms with van der Waals surface area (Å²) in [5.74, 6) is 1.39. The Kier molecular flexibility index (Phi) is 2.74. The number of aromatic amines is 1. The van der Waals surface area contributed by atoms with Crippen molar-refractivity contribution in [2.75, 3.05) is 5.73 Å². The van der Waals surface area contributed by atoms with Crippen molar-refractivity contribution in [3.05, 3.63) is 42.1 Å². The van der Waals surface area contributed by atoms with Gasteiger partial charge in [0, 0.05) is 11.9 Å². The minimum Gasteiger partial charge on any atom is -0.369 e. The standard InChI is InChI=1S/C10H11N3S/c11-10-12-6-9(13-10)14-7-8-4-2-1-3-5-8/h1-6H,7H2,(H3,11,12,13). The molecule has 0 saturated heterocycles. The maximum atomic E-state index is 5.47. The maximum Gasteiger partial charge on any atom is 0.198 e. The van der Waals surface area contributed by atoms with Crippen molar-refractivity contribution < 1.29 is 0 Å². The van der Waals surface area contributed by atoms with Crippen molar-refractivity contribution in [1.82, 2.24) is 9.97 Å². The van der Waals surface area contributed by atoms with Crippen molar-refractivity contribution in [2.24, 2.45) is 0 Å². The Hall–Kier alpha value is -1.42. The Labute approximate surface area is 86.7 Å². The number of nitrogens with one attached hydrogen (secondary N) is 1. The Morgan fingerprint density at radius 1 is 1.29 bits per heavy atom. The lowest BCUT2D eigenvalue weighted by Gasteiger charge is -1.97. The molecule has 0 aliphatic carbocycles. The SMILES string of the molecule is Nc1nc(SCc2ccccc2)c[nH]1. The Morgan fingerprint density at radius 3 is 2.71 bits per heavy atom. The summed E-state index contributed by atoms with van der Waals surface area (Å²) >= 11 is 1.67. The fourth-order valence-corrected chi connectivity index (χ4v) is 1.94. The molecule has 0 unspecified atom stereocenters. The van der Waals surface area contributed by atoms with Crippen molar-refractivity contribution in [2.45, 2.75) is 10.8 Å². The topological polar surface area (TPSA) is 54.7 Å². The number of thioether (sulfide) groups is 1. The first-order valence-electron chi connectivity index (χ1n) is 4.32. The van der Waals surface area contributed by atoms with Gasteiger partial charge in [-0.15, -0.1) is 11.8 Å². The number of hydrogen-bond donors (Lipinski definition) is 2. The smallest absolute Gasteiger partial charge is 0.198 e. The van der Waals surface area contributed by atoms with E-state index in [1.165, 1.54) is 5.56 Å². The molecule has 1 aromatic heterocycles. The summed E-state index contributed by atoms with van der Waals surface area (Å²) in [4.78, 5) is 6.96. The number of nitrogen functional groups attached to an aromatic ring is 1. The van der Waals surface area contributed by atoms with Crippen molar-refractivity contribution >= 4 is 17.7 Å². The predicted molar refractivity (Wildman–Crippen MR) is 59.0 cm³/mol. The molecule has 0 aliphatic rings. The van der Waals surface area contributed by atoms with Gasteiger partial charge in [0.25, 0.3) is 0 Å². The number of nitrogens with two attached hydrogens (primary N) is 1. The second-order valence-corrected chi connectivity index (χ2v) is 3.89. The van der Waals surface area contributed by atoms with Gasteiger partial charge in [-0.05, 0) is 5.56 Å². The molecule has 3 N–H and O–H groups in total. The monoisotopic (exact) mass is 205 g/mol. The van der Waals surface area contributed by atoms with Gasteiger partial charge in [0.1, 0.15) is 5.03 Å². The lowest BCUT2D eigenvalue weighted by molar-refractivity contribution is 1.20. The summed E-state index contributed by atoms with van der Waals surface area (Å²) in [6, 6.07) is 10.3. The molecule has 0 fully saturated rings. The number of rotatable bonds is 3. The van der Waals surface area contributed by atoms with E-state index in [2.05, 4.69) is 22.1 Å². The Bertz CT molecular complexity index is 397. The zero-order valence-corrected chi connectivity index (χ0v) is 8.42. The van der Waals surface area contributed by atoms with E-state index in [4.69, 9.17) is 5.73 Å². The summed E-state index contributed by atoms with van der Waals surface area (Å²) in [6.45, 7) is 0. The summed E-state index contributed by atoms with van der Waals surface area (Å²) in [5, 5.41) is 0.936. The van der Waals surface area contributed by atoms with E-state index in [0.29, 0.717) is 5.95 Å². The molecule has 4 heteroatoms. The largest absolute Gasteiger partial charge is 0.369 e. The highest BCUT2D eigenvalue weighted by Gasteiger charge is 1.98. The van der Waals surface area contributed by atoms with Gasteiger partial charge in [0.2, 0.25) is 0 Å². The molecule has 0 radical (unpaired) electrons. The van der Waals surface area contributed by atoms with Gasteiger partial charge in [0.15, 0.2) is 5.95 Å². The molecule has 72 valence electrons. The van der Waals surface area contributed by atoms with E-state index in [1.807, 2.05) is 24.4 Å². The van der Waals surface area contributed by atoms with Gasteiger partial charge in [-0.3, -0.25) is 0 Å². The van der Waals surface area contributed by atoms with E-state index in [9.17, 15) is 0 Å². The third-order valence-electron chi connectivity index (χ3n) is 1.80. The summed E-state index contributed by atoms with van der Waals surface area (Å²) in [7, 11) is 0. The van der Waals surface area contributed by atoms with Gasteiger partial charge in [-0.2, -0.15) is 0 Å². The maximum absolute atomic E-state index is 5.47. The number of imidazole rings is 1. The summed E-state index contributed by atoms with van der Waals surface area (Å²) in [5.41, 5.74) is 6.76. The molecule has 0 atom stereocenters. The molecule has 1 aromatic carbocycles. The molecule has 14 heavy (non-hydrogen) atoms. The molecule has 0 spiro atoms. The van der Waals surface area contributed by atoms with Crippen molar-refractivity contribution in [1.29, 1.82) is 0 Å². The third kappa shape index (κ3) is 2.29. The lowest BCUT2D eigenvalue weighted by Crippen LogP contribution is -1.85. The van der Waals surface area contributed by atoms with Crippen LogP contribution in [0.15, 0.2) is 41.6 Å². The van der Waals surface area contributed by atoms with Crippen LogP contribution in [0, 0.1) is 0 Å². The molecule has 0 amide bonds. The number of H-pyrrole nitrogens is 1. The van der Waals surface area contributed by atoms with E-state index in [0.717, 1.165) is 10.8 Å². The molecular weight excluding hydrogens is 194 g/mol. The van der Waals surface area contributed by atoms with Crippen LogP contribution in [-0.4, -0.2) is 9.97 Å². The van der Waals surface area contributed by atoms with Gasteiger partial charge >= 0.3 is 0 Å². The molecule has 0 aliphatic heterocycles. The van der Waals surface area contributed by atoms with Gasteiger partial charge < -0.3 is 10.7 Å². The highest BCUT2D eigenvalue weighted by atomic mass is 32.2. The number of aromatic nitrogens is 2. The first-order chi connectivity index (χ1) is 6.84. The number of hydrogen-bond acceptors (Lipinski definition) is 3. The van der Waals surface area contributed by atoms with Crippen molar-refractivity contribution in [3.63, 3.8) is 0 Å². The molecule has 3 nitrogen and oxygen atoms in total. The van der Waals surface area contributed by atoms with Crippen LogP contribution >= 0.6 is 11.8 Å². The molecular formula is C10H11N3S. The normalized spacial score (nSPS) is 10.3. The van der Waals surface area contributed by atoms with Crippen LogP contribution in [0.1, 0.15) is 5.56 Å². The molecule has 2 aromatic rings. The molecule has 0 saturated carbocycles. The second-order valence-electron chi connectivity index (χ2n) is 2.90. The average molecular weight is 205 g/mol. The van der Waals surface area contributed by atoms with Gasteiger partial charge in [-0.25, -0.2) is 4.98 Å². The number of benzene rings is 1. The summed E-state index contributed by atoms with van der Waals surface area (Å²) in [6.07, 6.45) is 1.82. The fourth-order valence-electron chi connectivity index (χ4n) is 1.12. The van der Waals surface area contributed by atoms with Gasteiger partial charge in [0.05, 0.1) is 0 Å². The van der Waals surface area contributed by atoms with Crippen LogP contribution in [0.4, 0.5) is 5.95 Å². The van der Waals surface area contributed by atoms with E-state index in [-0.39, 0.29) is 0 Å². The van der Waals surface area contributed by atoms with E-state index in [1.54, 1.807) is 11.8 Å². The van der Waals surface area contributed by atoms with Crippen LogP contribution in [0.25, 0.3) is 0 Å². The van der Waals surface area contributed by atoms with E-state index < -0.39 is 0 Å². The molecule has 0 bridgehead atoms. The van der Waals surface area contributed by atoms with Crippen molar-refractivity contribution in [3.8, 4) is 0 Å². The fraction of sp³-hybridized carbons (Fsp3) is 0.100. The zero-order valence-electron chi connectivity index (χ0n) is 7.60. The number of nitrogens with zero attached hydrogens (tertiary/aromatic N) is 1. The minimum atomic E-state index is 0.473. The Morgan fingerprint density at radius 2 is 2.07 bits per heavy atom. The quantitative estimate of drug-likeness (QED) is 0.756. The zero-order chi connectivity index (χ0) is 9.80. The molecule has 2 rings (SSSR count). The second kappa shape index (κ2) is 4.19. The first kappa shape index (κ1) is 9.15. The first-order valence-corrected chi connectivity index (χ1v) is 5.31. The minimum absolute atomic E-state index is 0.473. The predicted octanol–water partition coefficient (Wildman–Crippen LogP) is 2.28. The number of anilines is 1. The van der Waals surface area contributed by atoms with Gasteiger partial charge in [-0.1, -0.05) is 30.3 Å².